The Morgan fingerprint density at radius 1 is 1.50 bits per heavy atom. The average molecular weight is 252 g/mol. The number of rotatable bonds is 6. The minimum Gasteiger partial charge on any atom is -0.480 e. The molecule has 3 N–H and O–H groups in total. The molecular weight excluding hydrogens is 236 g/mol. The van der Waals surface area contributed by atoms with Crippen molar-refractivity contribution in [2.24, 2.45) is 0 Å². The number of hydrogen-bond acceptors (Lipinski definition) is 4. The van der Waals surface area contributed by atoms with Gasteiger partial charge >= 0.3 is 5.97 Å². The van der Waals surface area contributed by atoms with Crippen LogP contribution >= 0.6 is 0 Å². The second-order valence-corrected chi connectivity index (χ2v) is 3.99. The normalized spacial score (nSPS) is 13.7. The van der Waals surface area contributed by atoms with Gasteiger partial charge in [-0.25, -0.2) is 4.79 Å². The Labute approximate surface area is 105 Å². The van der Waals surface area contributed by atoms with Gasteiger partial charge in [0.2, 0.25) is 5.91 Å². The van der Waals surface area contributed by atoms with Crippen molar-refractivity contribution in [3.63, 3.8) is 0 Å². The van der Waals surface area contributed by atoms with E-state index in [1.165, 1.54) is 6.92 Å². The van der Waals surface area contributed by atoms with E-state index in [1.54, 1.807) is 18.5 Å². The molecule has 2 unspecified atom stereocenters. The van der Waals surface area contributed by atoms with Crippen LogP contribution in [0.25, 0.3) is 0 Å². The Kier molecular flexibility index (Phi) is 5.26. The summed E-state index contributed by atoms with van der Waals surface area (Å²) in [6, 6.07) is 2.33. The highest BCUT2D eigenvalue weighted by molar-refractivity contribution is 5.84. The largest absolute Gasteiger partial charge is 0.480 e. The van der Waals surface area contributed by atoms with E-state index in [1.807, 2.05) is 6.07 Å². The van der Waals surface area contributed by atoms with Gasteiger partial charge in [0.25, 0.3) is 0 Å². The lowest BCUT2D eigenvalue weighted by atomic mass is 10.1. The summed E-state index contributed by atoms with van der Waals surface area (Å²) in [4.78, 5) is 26.2. The maximum Gasteiger partial charge on any atom is 0.328 e. The summed E-state index contributed by atoms with van der Waals surface area (Å²) < 4.78 is 0. The lowest BCUT2D eigenvalue weighted by Crippen LogP contribution is -2.47. The van der Waals surface area contributed by atoms with Gasteiger partial charge < -0.3 is 15.5 Å². The molecule has 1 rings (SSSR count). The van der Waals surface area contributed by atoms with Crippen LogP contribution in [0.2, 0.25) is 0 Å². The van der Waals surface area contributed by atoms with Gasteiger partial charge in [-0.15, -0.1) is 0 Å². The van der Waals surface area contributed by atoms with E-state index >= 15 is 0 Å². The predicted molar refractivity (Wildman–Crippen MR) is 63.8 cm³/mol. The summed E-state index contributed by atoms with van der Waals surface area (Å²) in [6.07, 6.45) is 2.78. The van der Waals surface area contributed by atoms with E-state index < -0.39 is 24.0 Å². The third kappa shape index (κ3) is 4.50. The summed E-state index contributed by atoms with van der Waals surface area (Å²) in [5.41, 5.74) is 0.900. The number of aromatic nitrogens is 1. The molecule has 98 valence electrons. The Hall–Kier alpha value is -1.95. The second-order valence-electron chi connectivity index (χ2n) is 3.99. The number of carbonyl (C=O) groups is 2. The summed E-state index contributed by atoms with van der Waals surface area (Å²) in [5, 5.41) is 20.3. The summed E-state index contributed by atoms with van der Waals surface area (Å²) in [6.45, 7) is 1.32. The molecule has 0 bridgehead atoms. The number of pyridine rings is 1. The second kappa shape index (κ2) is 6.70. The van der Waals surface area contributed by atoms with Crippen molar-refractivity contribution in [1.29, 1.82) is 0 Å². The number of nitrogens with one attached hydrogen (secondary N) is 1. The molecular formula is C12H16N2O4. The van der Waals surface area contributed by atoms with Crippen molar-refractivity contribution in [2.45, 2.75) is 31.9 Å². The van der Waals surface area contributed by atoms with Crippen LogP contribution in [0, 0.1) is 0 Å². The number of aryl methyl sites for hydroxylation is 1. The molecule has 0 aliphatic heterocycles. The molecule has 0 aliphatic rings. The number of nitrogens with zero attached hydrogens (tertiary/aromatic N) is 1. The quantitative estimate of drug-likeness (QED) is 0.660. The monoisotopic (exact) mass is 252 g/mol. The lowest BCUT2D eigenvalue weighted by molar-refractivity contribution is -0.144. The van der Waals surface area contributed by atoms with Crippen molar-refractivity contribution in [3.8, 4) is 0 Å². The third-order valence-corrected chi connectivity index (χ3v) is 2.43. The van der Waals surface area contributed by atoms with Gasteiger partial charge in [-0.3, -0.25) is 9.78 Å². The van der Waals surface area contributed by atoms with Gasteiger partial charge in [-0.05, 0) is 25.0 Å². The number of carboxylic acids is 1. The topological polar surface area (TPSA) is 99.5 Å². The van der Waals surface area contributed by atoms with E-state index in [0.717, 1.165) is 5.56 Å². The highest BCUT2D eigenvalue weighted by Gasteiger charge is 2.24. The number of carbonyl (C=O) groups excluding carboxylic acids is 1. The fourth-order valence-electron chi connectivity index (χ4n) is 1.44. The molecule has 0 saturated heterocycles. The Morgan fingerprint density at radius 3 is 2.72 bits per heavy atom. The minimum absolute atomic E-state index is 0.155. The predicted octanol–water partition coefficient (Wildman–Crippen LogP) is -0.0356. The molecule has 2 atom stereocenters. The molecule has 1 aromatic heterocycles. The Balaban J connectivity index is 2.44. The van der Waals surface area contributed by atoms with Crippen LogP contribution in [0.4, 0.5) is 0 Å². The minimum atomic E-state index is -1.27. The lowest BCUT2D eigenvalue weighted by Gasteiger charge is -2.16. The smallest absolute Gasteiger partial charge is 0.328 e. The van der Waals surface area contributed by atoms with Gasteiger partial charge in [0.15, 0.2) is 6.04 Å². The fourth-order valence-corrected chi connectivity index (χ4v) is 1.44. The molecule has 0 radical (unpaired) electrons. The third-order valence-electron chi connectivity index (χ3n) is 2.43. The molecule has 0 fully saturated rings. The van der Waals surface area contributed by atoms with E-state index in [2.05, 4.69) is 10.3 Å². The molecule has 0 spiro atoms. The van der Waals surface area contributed by atoms with Crippen molar-refractivity contribution in [2.75, 3.05) is 0 Å². The SMILES string of the molecule is CC(O)C(NC(=O)CCc1cccnc1)C(=O)O. The van der Waals surface area contributed by atoms with Crippen LogP contribution in [-0.2, 0) is 16.0 Å². The number of carboxylic acid groups (broad SMARTS) is 1. The van der Waals surface area contributed by atoms with Crippen LogP contribution in [0.3, 0.4) is 0 Å². The summed E-state index contributed by atoms with van der Waals surface area (Å²) >= 11 is 0. The highest BCUT2D eigenvalue weighted by Crippen LogP contribution is 2.01. The van der Waals surface area contributed by atoms with Crippen molar-refractivity contribution in [1.82, 2.24) is 10.3 Å². The van der Waals surface area contributed by atoms with E-state index in [-0.39, 0.29) is 6.42 Å². The van der Waals surface area contributed by atoms with Crippen LogP contribution in [0.5, 0.6) is 0 Å². The first kappa shape index (κ1) is 14.1. The summed E-state index contributed by atoms with van der Waals surface area (Å²) in [7, 11) is 0. The molecule has 0 aromatic carbocycles. The van der Waals surface area contributed by atoms with Crippen molar-refractivity contribution in [3.05, 3.63) is 30.1 Å². The maximum absolute atomic E-state index is 11.5. The van der Waals surface area contributed by atoms with E-state index in [0.29, 0.717) is 6.42 Å². The van der Waals surface area contributed by atoms with E-state index in [9.17, 15) is 14.7 Å². The molecule has 6 nitrogen and oxygen atoms in total. The number of aliphatic carboxylic acids is 1. The van der Waals surface area contributed by atoms with Crippen LogP contribution in [-0.4, -0.2) is 39.2 Å². The highest BCUT2D eigenvalue weighted by atomic mass is 16.4. The van der Waals surface area contributed by atoms with Crippen molar-refractivity contribution < 1.29 is 19.8 Å². The summed E-state index contributed by atoms with van der Waals surface area (Å²) in [5.74, 6) is -1.66. The standard InChI is InChI=1S/C12H16N2O4/c1-8(15)11(12(17)18)14-10(16)5-4-9-3-2-6-13-7-9/h2-3,6-8,11,15H,4-5H2,1H3,(H,14,16)(H,17,18). The average Bonchev–Trinajstić information content (AvgIpc) is 2.34. The zero-order valence-corrected chi connectivity index (χ0v) is 10.0. The number of aliphatic hydroxyl groups excluding tert-OH is 1. The molecule has 1 amide bonds. The molecule has 0 saturated carbocycles. The van der Waals surface area contributed by atoms with Crippen LogP contribution < -0.4 is 5.32 Å². The zero-order valence-electron chi connectivity index (χ0n) is 10.0. The number of amides is 1. The number of hydrogen-bond donors (Lipinski definition) is 3. The van der Waals surface area contributed by atoms with Crippen LogP contribution in [0.1, 0.15) is 18.9 Å². The van der Waals surface area contributed by atoms with Gasteiger partial charge in [-0.2, -0.15) is 0 Å². The first-order valence-corrected chi connectivity index (χ1v) is 5.60. The molecule has 0 aliphatic carbocycles. The fraction of sp³-hybridized carbons (Fsp3) is 0.417. The zero-order chi connectivity index (χ0) is 13.5. The number of aliphatic hydroxyl groups is 1. The van der Waals surface area contributed by atoms with Crippen LogP contribution in [0.15, 0.2) is 24.5 Å². The van der Waals surface area contributed by atoms with E-state index in [4.69, 9.17) is 5.11 Å². The first-order chi connectivity index (χ1) is 8.50. The van der Waals surface area contributed by atoms with Gasteiger partial charge in [0.1, 0.15) is 0 Å². The first-order valence-electron chi connectivity index (χ1n) is 5.60. The molecule has 1 aromatic rings. The maximum atomic E-state index is 11.5. The molecule has 18 heavy (non-hydrogen) atoms. The van der Waals surface area contributed by atoms with Crippen molar-refractivity contribution >= 4 is 11.9 Å². The Bertz CT molecular complexity index is 406. The van der Waals surface area contributed by atoms with Gasteiger partial charge in [-0.1, -0.05) is 6.07 Å². The molecule has 1 heterocycles. The molecule has 6 heteroatoms. The van der Waals surface area contributed by atoms with Gasteiger partial charge in [0, 0.05) is 18.8 Å². The Morgan fingerprint density at radius 2 is 2.22 bits per heavy atom. The van der Waals surface area contributed by atoms with Gasteiger partial charge in [0.05, 0.1) is 6.10 Å².